The lowest BCUT2D eigenvalue weighted by atomic mass is 10.2. The van der Waals surface area contributed by atoms with Crippen molar-refractivity contribution in [3.8, 4) is 0 Å². The summed E-state index contributed by atoms with van der Waals surface area (Å²) in [5.41, 5.74) is 1.78. The average molecular weight is 392 g/mol. The molecule has 0 saturated carbocycles. The van der Waals surface area contributed by atoms with E-state index in [2.05, 4.69) is 22.6 Å². The summed E-state index contributed by atoms with van der Waals surface area (Å²) >= 11 is 9.72. The van der Waals surface area contributed by atoms with Crippen LogP contribution in [-0.4, -0.2) is 17.9 Å². The van der Waals surface area contributed by atoms with Crippen molar-refractivity contribution in [3.63, 3.8) is 0 Å². The van der Waals surface area contributed by atoms with E-state index in [0.29, 0.717) is 11.6 Å². The van der Waals surface area contributed by atoms with Gasteiger partial charge in [-0.1, -0.05) is 23.7 Å². The minimum absolute atomic E-state index is 0.0362. The monoisotopic (exact) mass is 391 g/mol. The number of amides is 1. The lowest BCUT2D eigenvalue weighted by Crippen LogP contribution is -2.25. The fourth-order valence-corrected chi connectivity index (χ4v) is 3.16. The summed E-state index contributed by atoms with van der Waals surface area (Å²) < 4.78 is 1.12. The average Bonchev–Trinajstić information content (AvgIpc) is 2.75. The number of rotatable bonds is 3. The minimum atomic E-state index is 0.0362. The van der Waals surface area contributed by atoms with E-state index in [4.69, 9.17) is 11.6 Å². The summed E-state index contributed by atoms with van der Waals surface area (Å²) in [5.74, 6) is 0.0362. The number of carbonyl (C=O) groups excluding carboxylic acids is 1. The van der Waals surface area contributed by atoms with Crippen molar-refractivity contribution in [2.45, 2.75) is 6.54 Å². The van der Waals surface area contributed by atoms with E-state index >= 15 is 0 Å². The molecule has 0 fully saturated rings. The van der Waals surface area contributed by atoms with Crippen LogP contribution in [0.3, 0.4) is 0 Å². The quantitative estimate of drug-likeness (QED) is 0.715. The molecule has 2 aromatic rings. The second-order valence-electron chi connectivity index (χ2n) is 3.93. The standard InChI is InChI=1S/C13H11ClINOS/c1-16(7-9-3-2-4-11(14)5-9)13(17)10-6-12(15)18-8-10/h2-6,8H,7H2,1H3. The second kappa shape index (κ2) is 6.04. The maximum absolute atomic E-state index is 12.1. The molecule has 1 amide bonds. The summed E-state index contributed by atoms with van der Waals surface area (Å²) in [6.07, 6.45) is 0. The molecule has 0 spiro atoms. The van der Waals surface area contributed by atoms with Crippen LogP contribution in [0.15, 0.2) is 35.7 Å². The number of halogens is 2. The molecule has 0 saturated heterocycles. The molecule has 0 atom stereocenters. The lowest BCUT2D eigenvalue weighted by Gasteiger charge is -2.16. The Bertz CT molecular complexity index is 570. The van der Waals surface area contributed by atoms with Gasteiger partial charge in [-0.25, -0.2) is 0 Å². The molecule has 0 aliphatic rings. The molecule has 1 aromatic carbocycles. The van der Waals surface area contributed by atoms with E-state index in [1.807, 2.05) is 35.7 Å². The number of carbonyl (C=O) groups is 1. The van der Waals surface area contributed by atoms with Crippen molar-refractivity contribution in [2.24, 2.45) is 0 Å². The van der Waals surface area contributed by atoms with E-state index < -0.39 is 0 Å². The number of thiophene rings is 1. The normalized spacial score (nSPS) is 10.4. The van der Waals surface area contributed by atoms with Crippen LogP contribution >= 0.6 is 45.5 Å². The summed E-state index contributed by atoms with van der Waals surface area (Å²) in [6.45, 7) is 0.561. The molecular weight excluding hydrogens is 381 g/mol. The smallest absolute Gasteiger partial charge is 0.254 e. The summed E-state index contributed by atoms with van der Waals surface area (Å²) in [4.78, 5) is 13.8. The molecule has 1 heterocycles. The Labute approximate surface area is 129 Å². The lowest BCUT2D eigenvalue weighted by molar-refractivity contribution is 0.0785. The van der Waals surface area contributed by atoms with Crippen molar-refractivity contribution in [2.75, 3.05) is 7.05 Å². The molecule has 2 nitrogen and oxygen atoms in total. The van der Waals surface area contributed by atoms with Gasteiger partial charge in [-0.2, -0.15) is 0 Å². The van der Waals surface area contributed by atoms with Gasteiger partial charge < -0.3 is 4.90 Å². The fraction of sp³-hybridized carbons (Fsp3) is 0.154. The van der Waals surface area contributed by atoms with Crippen LogP contribution in [0.5, 0.6) is 0 Å². The molecular formula is C13H11ClINOS. The van der Waals surface area contributed by atoms with Crippen molar-refractivity contribution in [3.05, 3.63) is 54.7 Å². The highest BCUT2D eigenvalue weighted by Crippen LogP contribution is 2.19. The van der Waals surface area contributed by atoms with Crippen LogP contribution in [0.25, 0.3) is 0 Å². The number of nitrogens with zero attached hydrogens (tertiary/aromatic N) is 1. The summed E-state index contributed by atoms with van der Waals surface area (Å²) in [6, 6.07) is 9.47. The SMILES string of the molecule is CN(Cc1cccc(Cl)c1)C(=O)c1csc(I)c1. The van der Waals surface area contributed by atoms with Gasteiger partial charge in [0.1, 0.15) is 0 Å². The largest absolute Gasteiger partial charge is 0.337 e. The zero-order valence-corrected chi connectivity index (χ0v) is 13.4. The second-order valence-corrected chi connectivity index (χ2v) is 7.17. The number of benzene rings is 1. The molecule has 0 radical (unpaired) electrons. The number of hydrogen-bond acceptors (Lipinski definition) is 2. The first-order chi connectivity index (χ1) is 8.56. The van der Waals surface area contributed by atoms with E-state index in [1.54, 1.807) is 23.3 Å². The predicted molar refractivity (Wildman–Crippen MR) is 84.3 cm³/mol. The minimum Gasteiger partial charge on any atom is -0.337 e. The van der Waals surface area contributed by atoms with E-state index in [9.17, 15) is 4.79 Å². The van der Waals surface area contributed by atoms with Crippen LogP contribution in [0, 0.1) is 2.88 Å². The van der Waals surface area contributed by atoms with Crippen LogP contribution < -0.4 is 0 Å². The van der Waals surface area contributed by atoms with Gasteiger partial charge >= 0.3 is 0 Å². The van der Waals surface area contributed by atoms with Gasteiger partial charge in [0.05, 0.1) is 8.45 Å². The van der Waals surface area contributed by atoms with E-state index in [-0.39, 0.29) is 5.91 Å². The zero-order valence-electron chi connectivity index (χ0n) is 9.69. The topological polar surface area (TPSA) is 20.3 Å². The third kappa shape index (κ3) is 3.46. The maximum atomic E-state index is 12.1. The Kier molecular flexibility index (Phi) is 4.64. The van der Waals surface area contributed by atoms with E-state index in [1.165, 1.54) is 0 Å². The summed E-state index contributed by atoms with van der Waals surface area (Å²) in [5, 5.41) is 2.58. The van der Waals surface area contributed by atoms with Crippen LogP contribution in [0.1, 0.15) is 15.9 Å². The number of hydrogen-bond donors (Lipinski definition) is 0. The molecule has 1 aromatic heterocycles. The Morgan fingerprint density at radius 2 is 2.22 bits per heavy atom. The first-order valence-electron chi connectivity index (χ1n) is 5.30. The van der Waals surface area contributed by atoms with Gasteiger partial charge in [-0.15, -0.1) is 11.3 Å². The maximum Gasteiger partial charge on any atom is 0.254 e. The highest BCUT2D eigenvalue weighted by Gasteiger charge is 2.13. The molecule has 0 aliphatic carbocycles. The third-order valence-corrected chi connectivity index (χ3v) is 4.49. The highest BCUT2D eigenvalue weighted by atomic mass is 127. The van der Waals surface area contributed by atoms with Gasteiger partial charge in [0, 0.05) is 24.0 Å². The van der Waals surface area contributed by atoms with Crippen molar-refractivity contribution < 1.29 is 4.79 Å². The Balaban J connectivity index is 2.08. The van der Waals surface area contributed by atoms with E-state index in [0.717, 1.165) is 14.0 Å². The van der Waals surface area contributed by atoms with Gasteiger partial charge in [-0.3, -0.25) is 4.79 Å². The first kappa shape index (κ1) is 13.8. The highest BCUT2D eigenvalue weighted by molar-refractivity contribution is 14.1. The van der Waals surface area contributed by atoms with Crippen molar-refractivity contribution >= 4 is 51.4 Å². The molecule has 0 bridgehead atoms. The summed E-state index contributed by atoms with van der Waals surface area (Å²) in [7, 11) is 1.80. The van der Waals surface area contributed by atoms with Crippen LogP contribution in [0.4, 0.5) is 0 Å². The third-order valence-electron chi connectivity index (χ3n) is 2.47. The van der Waals surface area contributed by atoms with Crippen molar-refractivity contribution in [1.29, 1.82) is 0 Å². The van der Waals surface area contributed by atoms with Gasteiger partial charge in [-0.05, 0) is 46.4 Å². The van der Waals surface area contributed by atoms with Gasteiger partial charge in [0.2, 0.25) is 0 Å². The molecule has 0 N–H and O–H groups in total. The van der Waals surface area contributed by atoms with Crippen molar-refractivity contribution in [1.82, 2.24) is 4.90 Å². The van der Waals surface area contributed by atoms with Gasteiger partial charge in [0.25, 0.3) is 5.91 Å². The molecule has 0 unspecified atom stereocenters. The molecule has 18 heavy (non-hydrogen) atoms. The Hall–Kier alpha value is -0.590. The fourth-order valence-electron chi connectivity index (χ4n) is 1.62. The predicted octanol–water partition coefficient (Wildman–Crippen LogP) is 4.28. The Morgan fingerprint density at radius 3 is 2.83 bits per heavy atom. The first-order valence-corrected chi connectivity index (χ1v) is 7.64. The molecule has 5 heteroatoms. The van der Waals surface area contributed by atoms with Crippen LogP contribution in [0.2, 0.25) is 5.02 Å². The molecule has 94 valence electrons. The zero-order chi connectivity index (χ0) is 13.1. The Morgan fingerprint density at radius 1 is 1.44 bits per heavy atom. The molecule has 0 aliphatic heterocycles. The molecule has 2 rings (SSSR count). The van der Waals surface area contributed by atoms with Crippen LogP contribution in [-0.2, 0) is 6.54 Å². The van der Waals surface area contributed by atoms with Gasteiger partial charge in [0.15, 0.2) is 0 Å².